The third kappa shape index (κ3) is 3.77. The molecule has 0 saturated carbocycles. The van der Waals surface area contributed by atoms with E-state index in [2.05, 4.69) is 6.92 Å². The molecule has 9 heteroatoms. The zero-order chi connectivity index (χ0) is 24.9. The van der Waals surface area contributed by atoms with Crippen LogP contribution in [0, 0.1) is 12.8 Å². The summed E-state index contributed by atoms with van der Waals surface area (Å²) in [4.78, 5) is 33.8. The minimum absolute atomic E-state index is 0.204. The lowest BCUT2D eigenvalue weighted by molar-refractivity contribution is 0.392. The lowest BCUT2D eigenvalue weighted by Gasteiger charge is -2.33. The van der Waals surface area contributed by atoms with Crippen LogP contribution in [0.25, 0.3) is 11.2 Å². The summed E-state index contributed by atoms with van der Waals surface area (Å²) in [5.74, 6) is 2.17. The van der Waals surface area contributed by atoms with Gasteiger partial charge in [-0.25, -0.2) is 4.79 Å². The average molecular weight is 476 g/mol. The Labute approximate surface area is 202 Å². The maximum Gasteiger partial charge on any atom is 0.332 e. The van der Waals surface area contributed by atoms with Crippen LogP contribution in [0.15, 0.2) is 52.1 Å². The minimum Gasteiger partial charge on any atom is -0.497 e. The molecular formula is C26H29N5O4. The van der Waals surface area contributed by atoms with E-state index in [1.807, 2.05) is 58.9 Å². The van der Waals surface area contributed by atoms with E-state index in [4.69, 9.17) is 14.5 Å². The Morgan fingerprint density at radius 1 is 1.06 bits per heavy atom. The van der Waals surface area contributed by atoms with Gasteiger partial charge in [0.05, 0.1) is 26.5 Å². The molecule has 0 amide bonds. The van der Waals surface area contributed by atoms with E-state index in [1.165, 1.54) is 9.13 Å². The van der Waals surface area contributed by atoms with Gasteiger partial charge in [0.25, 0.3) is 5.56 Å². The first kappa shape index (κ1) is 22.8. The van der Waals surface area contributed by atoms with Crippen LogP contribution >= 0.6 is 0 Å². The van der Waals surface area contributed by atoms with E-state index in [1.54, 1.807) is 21.3 Å². The Morgan fingerprint density at radius 3 is 2.57 bits per heavy atom. The second-order valence-corrected chi connectivity index (χ2v) is 9.17. The molecule has 4 aromatic rings. The number of aryl methyl sites for hydroxylation is 2. The number of aromatic nitrogens is 4. The van der Waals surface area contributed by atoms with Crippen molar-refractivity contribution in [1.82, 2.24) is 18.7 Å². The van der Waals surface area contributed by atoms with Crippen LogP contribution in [0.3, 0.4) is 0 Å². The highest BCUT2D eigenvalue weighted by atomic mass is 16.5. The Hall–Kier alpha value is -4.01. The highest BCUT2D eigenvalue weighted by molar-refractivity contribution is 5.78. The van der Waals surface area contributed by atoms with Crippen molar-refractivity contribution in [3.05, 3.63) is 74.4 Å². The molecule has 1 aliphatic rings. The summed E-state index contributed by atoms with van der Waals surface area (Å²) in [7, 11) is 4.89. The number of ether oxygens (including phenoxy) is 2. The first-order chi connectivity index (χ1) is 16.8. The van der Waals surface area contributed by atoms with E-state index in [0.717, 1.165) is 16.8 Å². The van der Waals surface area contributed by atoms with Crippen LogP contribution in [0.2, 0.25) is 0 Å². The smallest absolute Gasteiger partial charge is 0.332 e. The fourth-order valence-electron chi connectivity index (χ4n) is 4.85. The molecule has 0 fully saturated rings. The van der Waals surface area contributed by atoms with Gasteiger partial charge in [-0.3, -0.25) is 13.9 Å². The average Bonchev–Trinajstić information content (AvgIpc) is 3.24. The molecule has 0 unspecified atom stereocenters. The molecule has 0 radical (unpaired) electrons. The van der Waals surface area contributed by atoms with Crippen molar-refractivity contribution in [3.63, 3.8) is 0 Å². The fraction of sp³-hybridized carbons (Fsp3) is 0.346. The van der Waals surface area contributed by atoms with Crippen LogP contribution in [-0.4, -0.2) is 39.4 Å². The summed E-state index contributed by atoms with van der Waals surface area (Å²) in [5, 5.41) is 0. The van der Waals surface area contributed by atoms with Gasteiger partial charge in [-0.2, -0.15) is 4.98 Å². The number of imidazole rings is 1. The van der Waals surface area contributed by atoms with Crippen molar-refractivity contribution in [3.8, 4) is 11.5 Å². The second-order valence-electron chi connectivity index (χ2n) is 9.17. The summed E-state index contributed by atoms with van der Waals surface area (Å²) in [6, 6.07) is 13.5. The lowest BCUT2D eigenvalue weighted by Crippen LogP contribution is -2.40. The summed E-state index contributed by atoms with van der Waals surface area (Å²) < 4.78 is 15.7. The molecule has 0 spiro atoms. The largest absolute Gasteiger partial charge is 0.497 e. The first-order valence-electron chi connectivity index (χ1n) is 11.6. The van der Waals surface area contributed by atoms with E-state index < -0.39 is 0 Å². The molecule has 1 aliphatic heterocycles. The van der Waals surface area contributed by atoms with E-state index in [-0.39, 0.29) is 23.7 Å². The van der Waals surface area contributed by atoms with Gasteiger partial charge in [0, 0.05) is 26.2 Å². The lowest BCUT2D eigenvalue weighted by atomic mass is 10.1. The molecule has 2 aromatic heterocycles. The first-order valence-corrected chi connectivity index (χ1v) is 11.6. The predicted octanol–water partition coefficient (Wildman–Crippen LogP) is 3.06. The maximum absolute atomic E-state index is 13.7. The van der Waals surface area contributed by atoms with Crippen LogP contribution in [0.4, 0.5) is 11.6 Å². The van der Waals surface area contributed by atoms with Crippen LogP contribution in [0.5, 0.6) is 11.5 Å². The highest BCUT2D eigenvalue weighted by Gasteiger charge is 2.31. The highest BCUT2D eigenvalue weighted by Crippen LogP contribution is 2.39. The Bertz CT molecular complexity index is 1550. The molecule has 9 nitrogen and oxygen atoms in total. The molecule has 0 N–H and O–H groups in total. The van der Waals surface area contributed by atoms with E-state index in [9.17, 15) is 9.59 Å². The van der Waals surface area contributed by atoms with Gasteiger partial charge in [-0.05, 0) is 30.5 Å². The van der Waals surface area contributed by atoms with Crippen molar-refractivity contribution in [2.45, 2.75) is 26.9 Å². The second kappa shape index (κ2) is 8.65. The van der Waals surface area contributed by atoms with Gasteiger partial charge in [-0.15, -0.1) is 0 Å². The molecule has 5 rings (SSSR count). The van der Waals surface area contributed by atoms with Crippen molar-refractivity contribution >= 4 is 22.8 Å². The number of nitrogens with zero attached hydrogens (tertiary/aromatic N) is 5. The molecular weight excluding hydrogens is 446 g/mol. The molecule has 0 aliphatic carbocycles. The normalized spacial score (nSPS) is 15.3. The zero-order valence-corrected chi connectivity index (χ0v) is 20.6. The number of anilines is 2. The van der Waals surface area contributed by atoms with E-state index >= 15 is 0 Å². The van der Waals surface area contributed by atoms with Gasteiger partial charge in [0.15, 0.2) is 11.2 Å². The third-order valence-corrected chi connectivity index (χ3v) is 6.54. The van der Waals surface area contributed by atoms with Crippen molar-refractivity contribution in [2.24, 2.45) is 13.0 Å². The topological polar surface area (TPSA) is 83.5 Å². The quantitative estimate of drug-likeness (QED) is 0.441. The van der Waals surface area contributed by atoms with Crippen molar-refractivity contribution in [2.75, 3.05) is 25.7 Å². The summed E-state index contributed by atoms with van der Waals surface area (Å²) in [5.41, 5.74) is 2.88. The van der Waals surface area contributed by atoms with E-state index in [0.29, 0.717) is 41.7 Å². The maximum atomic E-state index is 13.7. The van der Waals surface area contributed by atoms with Gasteiger partial charge in [0.1, 0.15) is 11.5 Å². The van der Waals surface area contributed by atoms with Gasteiger partial charge in [-0.1, -0.05) is 36.8 Å². The Balaban J connectivity index is 1.71. The standard InChI is InChI=1S/C26H29N5O4/c1-16-7-6-8-18(11-16)15-31-24(32)22-23(28(3)26(31)33)27-25-29(13-17(2)14-30(22)25)20-10-9-19(34-4)12-21(20)35-5/h6-12,17H,13-15H2,1-5H3/t17-/m0/s1. The molecule has 1 atom stereocenters. The monoisotopic (exact) mass is 475 g/mol. The number of rotatable bonds is 5. The third-order valence-electron chi connectivity index (χ3n) is 6.54. The minimum atomic E-state index is -0.388. The Morgan fingerprint density at radius 2 is 1.86 bits per heavy atom. The van der Waals surface area contributed by atoms with Crippen molar-refractivity contribution < 1.29 is 9.47 Å². The summed E-state index contributed by atoms with van der Waals surface area (Å²) >= 11 is 0. The number of fused-ring (bicyclic) bond motifs is 3. The SMILES string of the molecule is COc1ccc(N2C[C@H](C)Cn3c2nc2c3c(=O)n(Cc3cccc(C)c3)c(=O)n2C)c(OC)c1. The Kier molecular flexibility index (Phi) is 5.62. The summed E-state index contributed by atoms with van der Waals surface area (Å²) in [6.45, 7) is 5.64. The van der Waals surface area contributed by atoms with Gasteiger partial charge < -0.3 is 18.9 Å². The summed E-state index contributed by atoms with van der Waals surface area (Å²) in [6.07, 6.45) is 0. The van der Waals surface area contributed by atoms with Crippen molar-refractivity contribution in [1.29, 1.82) is 0 Å². The fourth-order valence-corrected chi connectivity index (χ4v) is 4.85. The van der Waals surface area contributed by atoms with Crippen LogP contribution in [-0.2, 0) is 20.1 Å². The number of benzene rings is 2. The molecule has 35 heavy (non-hydrogen) atoms. The molecule has 0 saturated heterocycles. The number of hydrogen-bond donors (Lipinski definition) is 0. The van der Waals surface area contributed by atoms with Crippen LogP contribution in [0.1, 0.15) is 18.1 Å². The number of methoxy groups -OCH3 is 2. The predicted molar refractivity (Wildman–Crippen MR) is 135 cm³/mol. The van der Waals surface area contributed by atoms with Gasteiger partial charge >= 0.3 is 5.69 Å². The molecule has 2 aromatic carbocycles. The number of hydrogen-bond acceptors (Lipinski definition) is 6. The van der Waals surface area contributed by atoms with Crippen LogP contribution < -0.4 is 25.6 Å². The van der Waals surface area contributed by atoms with Gasteiger partial charge in [0.2, 0.25) is 5.95 Å². The molecule has 0 bridgehead atoms. The molecule has 182 valence electrons. The molecule has 3 heterocycles. The zero-order valence-electron chi connectivity index (χ0n) is 20.6.